The maximum atomic E-state index is 2.43. The van der Waals surface area contributed by atoms with E-state index in [2.05, 4.69) is 84.9 Å². The molecule has 3 aromatic rings. The van der Waals surface area contributed by atoms with Gasteiger partial charge in [0.25, 0.3) is 0 Å². The minimum atomic E-state index is -0.0137. The molecule has 4 rings (SSSR count). The fraction of sp³-hybridized carbons (Fsp3) is 0.143. The zero-order valence-electron chi connectivity index (χ0n) is 12.5. The summed E-state index contributed by atoms with van der Waals surface area (Å²) in [6.07, 6.45) is 2.71. The van der Waals surface area contributed by atoms with E-state index in [-0.39, 0.29) is 10.9 Å². The number of benzene rings is 3. The summed E-state index contributed by atoms with van der Waals surface area (Å²) in [5.41, 5.74) is 1.52. The first-order valence-electron chi connectivity index (χ1n) is 7.86. The van der Waals surface area contributed by atoms with Gasteiger partial charge in [-0.15, -0.1) is 0 Å². The van der Waals surface area contributed by atoms with E-state index in [0.29, 0.717) is 0 Å². The van der Waals surface area contributed by atoms with E-state index in [4.69, 9.17) is 0 Å². The first-order chi connectivity index (χ1) is 10.9. The summed E-state index contributed by atoms with van der Waals surface area (Å²) in [5.74, 6) is 0.803. The first kappa shape index (κ1) is 13.7. The predicted octanol–water partition coefficient (Wildman–Crippen LogP) is 5.66. The van der Waals surface area contributed by atoms with Crippen molar-refractivity contribution in [2.24, 2.45) is 0 Å². The molecule has 1 aliphatic carbocycles. The van der Waals surface area contributed by atoms with Crippen LogP contribution in [0.1, 0.15) is 24.3 Å². The molecule has 0 aliphatic heterocycles. The fourth-order valence-corrected chi connectivity index (χ4v) is 4.98. The van der Waals surface area contributed by atoms with E-state index in [1.165, 1.54) is 33.1 Å². The lowest BCUT2D eigenvalue weighted by molar-refractivity contribution is 1.11. The van der Waals surface area contributed by atoms with Gasteiger partial charge in [0.2, 0.25) is 0 Å². The highest BCUT2D eigenvalue weighted by molar-refractivity contribution is 7.97. The topological polar surface area (TPSA) is 0 Å². The first-order valence-corrected chi connectivity index (χ1v) is 9.09. The summed E-state index contributed by atoms with van der Waals surface area (Å²) in [5, 5.41) is 0. The Balaban J connectivity index is 1.82. The Morgan fingerprint density at radius 2 is 1.14 bits per heavy atom. The van der Waals surface area contributed by atoms with Crippen molar-refractivity contribution < 1.29 is 0 Å². The molecule has 0 atom stereocenters. The van der Waals surface area contributed by atoms with Crippen molar-refractivity contribution in [3.63, 3.8) is 0 Å². The van der Waals surface area contributed by atoms with Crippen LogP contribution in [0.4, 0.5) is 0 Å². The van der Waals surface area contributed by atoms with Gasteiger partial charge in [0.1, 0.15) is 0 Å². The highest BCUT2D eigenvalue weighted by atomic mass is 32.2. The van der Waals surface area contributed by atoms with E-state index in [1.807, 2.05) is 0 Å². The third-order valence-corrected chi connectivity index (χ3v) is 6.31. The summed E-state index contributed by atoms with van der Waals surface area (Å²) in [4.78, 5) is 4.21. The summed E-state index contributed by atoms with van der Waals surface area (Å²) >= 11 is 0. The van der Waals surface area contributed by atoms with Crippen LogP contribution in [-0.2, 0) is 10.9 Å². The summed E-state index contributed by atoms with van der Waals surface area (Å²) < 4.78 is 0. The van der Waals surface area contributed by atoms with Gasteiger partial charge in [0.15, 0.2) is 14.7 Å². The lowest BCUT2D eigenvalue weighted by atomic mass is 10.1. The van der Waals surface area contributed by atoms with Crippen LogP contribution >= 0.6 is 0 Å². The molecule has 0 heterocycles. The second-order valence-electron chi connectivity index (χ2n) is 5.78. The lowest BCUT2D eigenvalue weighted by Gasteiger charge is -2.09. The molecule has 0 unspecified atom stereocenters. The van der Waals surface area contributed by atoms with E-state index in [0.717, 1.165) is 5.92 Å². The molecule has 0 N–H and O–H groups in total. The third kappa shape index (κ3) is 2.82. The zero-order chi connectivity index (χ0) is 14.8. The molecule has 1 fully saturated rings. The monoisotopic (exact) mass is 303 g/mol. The maximum Gasteiger partial charge on any atom is 0.166 e. The van der Waals surface area contributed by atoms with Crippen LogP contribution in [0.3, 0.4) is 0 Å². The van der Waals surface area contributed by atoms with Gasteiger partial charge in [-0.2, -0.15) is 0 Å². The van der Waals surface area contributed by atoms with Crippen molar-refractivity contribution in [2.75, 3.05) is 0 Å². The Labute approximate surface area is 135 Å². The molecule has 1 saturated carbocycles. The molecule has 0 radical (unpaired) electrons. The van der Waals surface area contributed by atoms with Gasteiger partial charge in [0.05, 0.1) is 10.9 Å². The Hall–Kier alpha value is -1.99. The summed E-state index contributed by atoms with van der Waals surface area (Å²) in [6, 6.07) is 31.0. The molecule has 108 valence electrons. The van der Waals surface area contributed by atoms with Crippen LogP contribution in [0.25, 0.3) is 0 Å². The van der Waals surface area contributed by atoms with Crippen LogP contribution in [0.5, 0.6) is 0 Å². The van der Waals surface area contributed by atoms with Crippen LogP contribution in [-0.4, -0.2) is 0 Å². The van der Waals surface area contributed by atoms with Crippen molar-refractivity contribution in [3.8, 4) is 0 Å². The minimum absolute atomic E-state index is 0.0137. The highest BCUT2D eigenvalue weighted by Crippen LogP contribution is 2.41. The fourth-order valence-electron chi connectivity index (χ4n) is 2.83. The summed E-state index contributed by atoms with van der Waals surface area (Å²) in [7, 11) is -0.0137. The largest absolute Gasteiger partial charge is 0.166 e. The van der Waals surface area contributed by atoms with E-state index < -0.39 is 0 Å². The number of rotatable bonds is 4. The lowest BCUT2D eigenvalue weighted by Crippen LogP contribution is -2.05. The Morgan fingerprint density at radius 1 is 0.591 bits per heavy atom. The quantitative estimate of drug-likeness (QED) is 0.546. The van der Waals surface area contributed by atoms with Crippen LogP contribution in [0, 0.1) is 0 Å². The van der Waals surface area contributed by atoms with Gasteiger partial charge in [-0.3, -0.25) is 0 Å². The third-order valence-electron chi connectivity index (χ3n) is 4.10. The number of hydrogen-bond acceptors (Lipinski definition) is 0. The molecule has 1 heteroatoms. The normalized spacial score (nSPS) is 14.2. The van der Waals surface area contributed by atoms with E-state index in [1.54, 1.807) is 0 Å². The molecule has 0 spiro atoms. The van der Waals surface area contributed by atoms with Gasteiger partial charge in [-0.1, -0.05) is 48.5 Å². The molecule has 0 saturated heterocycles. The molecular weight excluding hydrogens is 284 g/mol. The molecule has 3 aromatic carbocycles. The zero-order valence-corrected chi connectivity index (χ0v) is 13.3. The van der Waals surface area contributed by atoms with Gasteiger partial charge in [0, 0.05) is 0 Å². The van der Waals surface area contributed by atoms with Gasteiger partial charge >= 0.3 is 0 Å². The predicted molar refractivity (Wildman–Crippen MR) is 93.5 cm³/mol. The Bertz CT molecular complexity index is 706. The van der Waals surface area contributed by atoms with Gasteiger partial charge in [-0.25, -0.2) is 0 Å². The van der Waals surface area contributed by atoms with Crippen LogP contribution < -0.4 is 0 Å². The van der Waals surface area contributed by atoms with Crippen molar-refractivity contribution in [1.82, 2.24) is 0 Å². The van der Waals surface area contributed by atoms with E-state index >= 15 is 0 Å². The molecule has 22 heavy (non-hydrogen) atoms. The van der Waals surface area contributed by atoms with Crippen molar-refractivity contribution in [2.45, 2.75) is 33.4 Å². The molecule has 0 nitrogen and oxygen atoms in total. The molecule has 1 aliphatic rings. The van der Waals surface area contributed by atoms with Crippen LogP contribution in [0.15, 0.2) is 99.6 Å². The Morgan fingerprint density at radius 3 is 1.68 bits per heavy atom. The maximum absolute atomic E-state index is 2.43. The van der Waals surface area contributed by atoms with Crippen LogP contribution in [0.2, 0.25) is 0 Å². The second-order valence-corrected chi connectivity index (χ2v) is 7.81. The smallest absolute Gasteiger partial charge is 0.0619 e. The van der Waals surface area contributed by atoms with Crippen molar-refractivity contribution in [3.05, 3.63) is 90.5 Å². The van der Waals surface area contributed by atoms with E-state index in [9.17, 15) is 0 Å². The standard InChI is InChI=1S/C21H19S/c1-3-9-19(10-4-1)22(20-11-5-2-6-12-20)21-13-7-8-18(16-21)17-14-15-17/h1-13,16-17H,14-15H2/q+1. The number of hydrogen-bond donors (Lipinski definition) is 0. The van der Waals surface area contributed by atoms with Crippen molar-refractivity contribution >= 4 is 10.9 Å². The molecule has 0 aromatic heterocycles. The average Bonchev–Trinajstić information content (AvgIpc) is 3.43. The highest BCUT2D eigenvalue weighted by Gasteiger charge is 2.30. The minimum Gasteiger partial charge on any atom is -0.0619 e. The molecule has 0 bridgehead atoms. The second kappa shape index (κ2) is 6.02. The van der Waals surface area contributed by atoms with Gasteiger partial charge in [-0.05, 0) is 60.7 Å². The van der Waals surface area contributed by atoms with Gasteiger partial charge < -0.3 is 0 Å². The van der Waals surface area contributed by atoms with Crippen molar-refractivity contribution in [1.29, 1.82) is 0 Å². The Kier molecular flexibility index (Phi) is 3.74. The average molecular weight is 303 g/mol. The summed E-state index contributed by atoms with van der Waals surface area (Å²) in [6.45, 7) is 0. The molecular formula is C21H19S+. The SMILES string of the molecule is c1ccc([S+](c2ccccc2)c2cccc(C3CC3)c2)cc1. The molecule has 0 amide bonds.